The van der Waals surface area contributed by atoms with Crippen LogP contribution in [0.1, 0.15) is 30.1 Å². The van der Waals surface area contributed by atoms with E-state index in [1.54, 1.807) is 6.07 Å². The molecule has 1 N–H and O–H groups in total. The normalized spacial score (nSPS) is 16.0. The molecule has 0 radical (unpaired) electrons. The molecule has 3 amide bonds. The Morgan fingerprint density at radius 1 is 1.10 bits per heavy atom. The molecule has 4 aromatic rings. The van der Waals surface area contributed by atoms with E-state index in [1.807, 2.05) is 64.9 Å². The number of fused-ring (bicyclic) bond motifs is 1. The smallest absolute Gasteiger partial charge is 0.322 e. The lowest BCUT2D eigenvalue weighted by Crippen LogP contribution is -2.50. The number of carbonyl (C=O) groups is 2. The van der Waals surface area contributed by atoms with Gasteiger partial charge in [0, 0.05) is 60.8 Å². The summed E-state index contributed by atoms with van der Waals surface area (Å²) in [5.41, 5.74) is 4.32. The van der Waals surface area contributed by atoms with Crippen molar-refractivity contribution >= 4 is 29.2 Å². The molecule has 0 atom stereocenters. The highest BCUT2D eigenvalue weighted by Gasteiger charge is 2.31. The molecule has 0 saturated carbocycles. The van der Waals surface area contributed by atoms with Crippen LogP contribution in [0.15, 0.2) is 53.1 Å². The highest BCUT2D eigenvalue weighted by Crippen LogP contribution is 2.30. The average molecular weight is 560 g/mol. The Kier molecular flexibility index (Phi) is 7.02. The van der Waals surface area contributed by atoms with E-state index in [4.69, 9.17) is 16.0 Å². The highest BCUT2D eigenvalue weighted by atomic mass is 35.5. The Balaban J connectivity index is 1.07. The van der Waals surface area contributed by atoms with Crippen LogP contribution in [-0.4, -0.2) is 67.2 Å². The lowest BCUT2D eigenvalue weighted by atomic mass is 10.0. The molecule has 11 heteroatoms. The van der Waals surface area contributed by atoms with Crippen molar-refractivity contribution in [1.29, 1.82) is 0 Å². The number of para-hydroxylation sites is 1. The Morgan fingerprint density at radius 3 is 2.65 bits per heavy atom. The lowest BCUT2D eigenvalue weighted by Gasteiger charge is -2.37. The summed E-state index contributed by atoms with van der Waals surface area (Å²) in [6.07, 6.45) is 4.21. The number of amides is 3. The number of aryl methyl sites for hydroxylation is 2. The van der Waals surface area contributed by atoms with Crippen LogP contribution in [0.2, 0.25) is 5.02 Å². The van der Waals surface area contributed by atoms with Crippen molar-refractivity contribution in [3.63, 3.8) is 0 Å². The van der Waals surface area contributed by atoms with Crippen LogP contribution in [0.4, 0.5) is 10.5 Å². The van der Waals surface area contributed by atoms with E-state index in [2.05, 4.69) is 26.6 Å². The van der Waals surface area contributed by atoms with Gasteiger partial charge in [-0.1, -0.05) is 29.8 Å². The molecular formula is C29H30ClN7O3. The van der Waals surface area contributed by atoms with E-state index in [1.165, 1.54) is 0 Å². The van der Waals surface area contributed by atoms with Crippen molar-refractivity contribution in [2.24, 2.45) is 7.05 Å². The van der Waals surface area contributed by atoms with Crippen LogP contribution < -0.4 is 5.32 Å². The minimum Gasteiger partial charge on any atom is -0.420 e. The second kappa shape index (κ2) is 10.8. The van der Waals surface area contributed by atoms with Gasteiger partial charge < -0.3 is 24.1 Å². The van der Waals surface area contributed by atoms with Gasteiger partial charge >= 0.3 is 6.03 Å². The number of benzene rings is 2. The number of aromatic nitrogens is 4. The second-order valence-electron chi connectivity index (χ2n) is 10.3. The quantitative estimate of drug-likeness (QED) is 0.379. The van der Waals surface area contributed by atoms with Crippen LogP contribution in [0.25, 0.3) is 22.7 Å². The Bertz CT molecular complexity index is 1550. The second-order valence-corrected chi connectivity index (χ2v) is 10.8. The molecule has 1 saturated heterocycles. The van der Waals surface area contributed by atoms with Gasteiger partial charge in [-0.15, -0.1) is 10.2 Å². The molecule has 6 rings (SSSR count). The van der Waals surface area contributed by atoms with E-state index in [9.17, 15) is 9.59 Å². The maximum Gasteiger partial charge on any atom is 0.322 e. The number of rotatable bonds is 5. The largest absolute Gasteiger partial charge is 0.420 e. The molecular weight excluding hydrogens is 530 g/mol. The number of carbonyl (C=O) groups excluding carboxylic acids is 2. The number of imidazole rings is 1. The third kappa shape index (κ3) is 5.31. The minimum atomic E-state index is -0.0736. The number of halogens is 1. The Labute approximate surface area is 237 Å². The summed E-state index contributed by atoms with van der Waals surface area (Å²) in [5, 5.41) is 11.8. The molecule has 0 bridgehead atoms. The van der Waals surface area contributed by atoms with Gasteiger partial charge in [-0.05, 0) is 56.0 Å². The summed E-state index contributed by atoms with van der Waals surface area (Å²) < 4.78 is 7.81. The van der Waals surface area contributed by atoms with Gasteiger partial charge in [0.05, 0.1) is 5.69 Å². The first kappa shape index (κ1) is 26.1. The number of hydrogen-bond acceptors (Lipinski definition) is 6. The number of likely N-dealkylation sites (tertiary alicyclic amines) is 1. The number of anilines is 1. The minimum absolute atomic E-state index is 0.0179. The predicted octanol–water partition coefficient (Wildman–Crippen LogP) is 4.72. The van der Waals surface area contributed by atoms with Gasteiger partial charge in [0.15, 0.2) is 0 Å². The summed E-state index contributed by atoms with van der Waals surface area (Å²) in [6, 6.07) is 13.4. The van der Waals surface area contributed by atoms with E-state index in [0.717, 1.165) is 47.6 Å². The zero-order valence-electron chi connectivity index (χ0n) is 22.4. The SMILES string of the molecule is Cc1nc(-c2cc(Cl)cc(-c3nnc(CC(=O)N4CCC(N5CCc6ccccc6NC5=O)CC4)o3)c2)cn1C. The summed E-state index contributed by atoms with van der Waals surface area (Å²) >= 11 is 6.38. The molecule has 2 aromatic carbocycles. The monoisotopic (exact) mass is 559 g/mol. The van der Waals surface area contributed by atoms with E-state index < -0.39 is 0 Å². The molecule has 0 unspecified atom stereocenters. The summed E-state index contributed by atoms with van der Waals surface area (Å²) in [7, 11) is 1.94. The summed E-state index contributed by atoms with van der Waals surface area (Å²) in [6.45, 7) is 3.74. The van der Waals surface area contributed by atoms with Crippen LogP contribution in [0, 0.1) is 6.92 Å². The van der Waals surface area contributed by atoms with Gasteiger partial charge in [0.25, 0.3) is 0 Å². The number of nitrogens with zero attached hydrogens (tertiary/aromatic N) is 6. The van der Waals surface area contributed by atoms with E-state index in [0.29, 0.717) is 36.1 Å². The molecule has 1 fully saturated rings. The first-order chi connectivity index (χ1) is 19.3. The van der Waals surface area contributed by atoms with Crippen molar-refractivity contribution in [2.45, 2.75) is 38.6 Å². The zero-order chi connectivity index (χ0) is 27.8. The zero-order valence-corrected chi connectivity index (χ0v) is 23.2. The summed E-state index contributed by atoms with van der Waals surface area (Å²) in [5.74, 6) is 1.37. The van der Waals surface area contributed by atoms with Crippen molar-refractivity contribution in [2.75, 3.05) is 25.0 Å². The summed E-state index contributed by atoms with van der Waals surface area (Å²) in [4.78, 5) is 34.2. The van der Waals surface area contributed by atoms with Crippen molar-refractivity contribution < 1.29 is 14.0 Å². The third-order valence-electron chi connectivity index (χ3n) is 7.72. The van der Waals surface area contributed by atoms with Crippen molar-refractivity contribution in [3.8, 4) is 22.7 Å². The first-order valence-electron chi connectivity index (χ1n) is 13.4. The molecule has 10 nitrogen and oxygen atoms in total. The molecule has 0 aliphatic carbocycles. The van der Waals surface area contributed by atoms with Crippen LogP contribution in [0.3, 0.4) is 0 Å². The molecule has 2 aromatic heterocycles. The number of nitrogens with one attached hydrogen (secondary N) is 1. The van der Waals surface area contributed by atoms with Gasteiger partial charge in [-0.2, -0.15) is 0 Å². The molecule has 2 aliphatic heterocycles. The molecule has 206 valence electrons. The maximum atomic E-state index is 13.1. The van der Waals surface area contributed by atoms with E-state index in [-0.39, 0.29) is 30.3 Å². The number of urea groups is 1. The fraction of sp³-hybridized carbons (Fsp3) is 0.345. The Morgan fingerprint density at radius 2 is 1.88 bits per heavy atom. The van der Waals surface area contributed by atoms with Crippen LogP contribution in [0.5, 0.6) is 0 Å². The Hall–Kier alpha value is -4.18. The fourth-order valence-electron chi connectivity index (χ4n) is 5.41. The predicted molar refractivity (Wildman–Crippen MR) is 151 cm³/mol. The van der Waals surface area contributed by atoms with Gasteiger partial charge in [-0.25, -0.2) is 9.78 Å². The first-order valence-corrected chi connectivity index (χ1v) is 13.8. The molecule has 2 aliphatic rings. The average Bonchev–Trinajstić information content (AvgIpc) is 3.50. The van der Waals surface area contributed by atoms with Crippen LogP contribution in [-0.2, 0) is 24.7 Å². The van der Waals surface area contributed by atoms with Crippen molar-refractivity contribution in [1.82, 2.24) is 29.5 Å². The molecule has 0 spiro atoms. The van der Waals surface area contributed by atoms with E-state index >= 15 is 0 Å². The number of piperidine rings is 1. The third-order valence-corrected chi connectivity index (χ3v) is 7.94. The van der Waals surface area contributed by atoms with Gasteiger partial charge in [0.1, 0.15) is 12.2 Å². The lowest BCUT2D eigenvalue weighted by molar-refractivity contribution is -0.132. The van der Waals surface area contributed by atoms with Gasteiger partial charge in [-0.3, -0.25) is 4.79 Å². The highest BCUT2D eigenvalue weighted by molar-refractivity contribution is 6.31. The van der Waals surface area contributed by atoms with Crippen molar-refractivity contribution in [3.05, 3.63) is 71.0 Å². The maximum absolute atomic E-state index is 13.1. The topological polar surface area (TPSA) is 109 Å². The fourth-order valence-corrected chi connectivity index (χ4v) is 5.64. The van der Waals surface area contributed by atoms with Gasteiger partial charge in [0.2, 0.25) is 17.7 Å². The molecule has 40 heavy (non-hydrogen) atoms. The molecule has 4 heterocycles. The van der Waals surface area contributed by atoms with Crippen LogP contribution >= 0.6 is 11.6 Å². The number of hydrogen-bond donors (Lipinski definition) is 1. The standard InChI is InChI=1S/C29H30ClN7O3/c1-18-31-25(17-35(18)2)20-13-21(15-22(30)14-20)28-34-33-26(40-28)16-27(38)36-10-8-23(9-11-36)37-12-7-19-5-3-4-6-24(19)32-29(37)39/h3-6,13-15,17,23H,7-12,16H2,1-2H3,(H,32,39).